The molecule has 1 aliphatic rings. The van der Waals surface area contributed by atoms with E-state index in [0.29, 0.717) is 25.1 Å². The largest absolute Gasteiger partial charge is 0.494 e. The van der Waals surface area contributed by atoms with Crippen LogP contribution >= 0.6 is 0 Å². The molecule has 1 atom stereocenters. The highest BCUT2D eigenvalue weighted by molar-refractivity contribution is 7.91. The van der Waals surface area contributed by atoms with E-state index in [0.717, 1.165) is 28.5 Å². The molecule has 1 heterocycles. The molecule has 4 rings (SSSR count). The first-order valence-electron chi connectivity index (χ1n) is 10.7. The van der Waals surface area contributed by atoms with Crippen molar-refractivity contribution in [3.8, 4) is 5.75 Å². The second kappa shape index (κ2) is 9.10. The number of nitrogens with zero attached hydrogens (tertiary/aromatic N) is 1. The second-order valence-corrected chi connectivity index (χ2v) is 10.2. The molecule has 0 spiro atoms. The van der Waals surface area contributed by atoms with Gasteiger partial charge in [-0.3, -0.25) is 4.79 Å². The highest BCUT2D eigenvalue weighted by Gasteiger charge is 2.35. The summed E-state index contributed by atoms with van der Waals surface area (Å²) in [5.74, 6) is 0.799. The number of carbonyl (C=O) groups excluding carboxylic acids is 1. The summed E-state index contributed by atoms with van der Waals surface area (Å²) in [5, 5.41) is 1.87. The average molecular weight is 438 g/mol. The average Bonchev–Trinajstić information content (AvgIpc) is 3.15. The minimum atomic E-state index is -3.12. The Kier molecular flexibility index (Phi) is 6.28. The Bertz CT molecular complexity index is 1170. The van der Waals surface area contributed by atoms with Gasteiger partial charge < -0.3 is 9.64 Å². The van der Waals surface area contributed by atoms with Gasteiger partial charge in [0.15, 0.2) is 9.84 Å². The number of carbonyl (C=O) groups is 1. The van der Waals surface area contributed by atoms with Gasteiger partial charge >= 0.3 is 0 Å². The van der Waals surface area contributed by atoms with Crippen molar-refractivity contribution in [3.63, 3.8) is 0 Å². The maximum absolute atomic E-state index is 13.7. The topological polar surface area (TPSA) is 63.7 Å². The van der Waals surface area contributed by atoms with Gasteiger partial charge in [-0.1, -0.05) is 55.5 Å². The van der Waals surface area contributed by atoms with Crippen LogP contribution in [0, 0.1) is 0 Å². The molecule has 5 nitrogen and oxygen atoms in total. The van der Waals surface area contributed by atoms with Crippen molar-refractivity contribution in [2.75, 3.05) is 18.1 Å². The molecule has 1 fully saturated rings. The lowest BCUT2D eigenvalue weighted by atomic mass is 10.0. The Morgan fingerprint density at radius 2 is 1.77 bits per heavy atom. The third kappa shape index (κ3) is 4.90. The molecule has 3 aromatic carbocycles. The molecule has 0 saturated carbocycles. The lowest BCUT2D eigenvalue weighted by Gasteiger charge is -2.29. The van der Waals surface area contributed by atoms with Crippen LogP contribution < -0.4 is 4.74 Å². The number of rotatable bonds is 7. The fourth-order valence-corrected chi connectivity index (χ4v) is 5.79. The number of hydrogen-bond donors (Lipinski definition) is 0. The summed E-state index contributed by atoms with van der Waals surface area (Å²) in [6, 6.07) is 20.8. The van der Waals surface area contributed by atoms with Gasteiger partial charge in [-0.2, -0.15) is 0 Å². The molecule has 0 aromatic heterocycles. The smallest absolute Gasteiger partial charge is 0.255 e. The summed E-state index contributed by atoms with van der Waals surface area (Å²) in [5.41, 5.74) is 1.55. The lowest BCUT2D eigenvalue weighted by Crippen LogP contribution is -2.40. The maximum Gasteiger partial charge on any atom is 0.255 e. The SMILES string of the molecule is CCCOc1ccc(CN(C(=O)c2cccc3ccccc23)[C@@H]2CCS(=O)(=O)C2)cc1. The molecule has 1 saturated heterocycles. The van der Waals surface area contributed by atoms with Gasteiger partial charge in [0.2, 0.25) is 0 Å². The zero-order valence-electron chi connectivity index (χ0n) is 17.7. The molecule has 1 amide bonds. The first-order chi connectivity index (χ1) is 15.0. The summed E-state index contributed by atoms with van der Waals surface area (Å²) < 4.78 is 30.0. The Morgan fingerprint density at radius 3 is 2.48 bits per heavy atom. The molecular formula is C25H27NO4S. The van der Waals surface area contributed by atoms with E-state index in [9.17, 15) is 13.2 Å². The Balaban J connectivity index is 1.65. The summed E-state index contributed by atoms with van der Waals surface area (Å²) in [6.07, 6.45) is 1.40. The Morgan fingerprint density at radius 1 is 1.03 bits per heavy atom. The van der Waals surface area contributed by atoms with E-state index >= 15 is 0 Å². The molecule has 0 N–H and O–H groups in total. The predicted octanol–water partition coefficient (Wildman–Crippen LogP) is 4.46. The van der Waals surface area contributed by atoms with Gasteiger partial charge in [-0.25, -0.2) is 8.42 Å². The van der Waals surface area contributed by atoms with Crippen LogP contribution in [0.15, 0.2) is 66.7 Å². The highest BCUT2D eigenvalue weighted by Crippen LogP contribution is 2.26. The molecule has 6 heteroatoms. The number of hydrogen-bond acceptors (Lipinski definition) is 4. The third-order valence-corrected chi connectivity index (χ3v) is 7.43. The standard InChI is InChI=1S/C25H27NO4S/c1-2-15-30-22-12-10-19(11-13-22)17-26(21-14-16-31(28,29)18-21)25(27)24-9-5-7-20-6-3-4-8-23(20)24/h3-13,21H,2,14-18H2,1H3/t21-/m1/s1. The second-order valence-electron chi connectivity index (χ2n) is 8.01. The van der Waals surface area contributed by atoms with Crippen LogP contribution in [-0.2, 0) is 16.4 Å². The molecule has 162 valence electrons. The monoisotopic (exact) mass is 437 g/mol. The first kappa shape index (κ1) is 21.4. The van der Waals surface area contributed by atoms with Crippen molar-refractivity contribution in [1.82, 2.24) is 4.90 Å². The Hall–Kier alpha value is -2.86. The molecule has 1 aliphatic heterocycles. The number of amides is 1. The molecule has 0 bridgehead atoms. The molecule has 31 heavy (non-hydrogen) atoms. The van der Waals surface area contributed by atoms with E-state index in [-0.39, 0.29) is 23.5 Å². The van der Waals surface area contributed by atoms with Crippen LogP contribution in [0.3, 0.4) is 0 Å². The maximum atomic E-state index is 13.7. The normalized spacial score (nSPS) is 17.5. The summed E-state index contributed by atoms with van der Waals surface area (Å²) in [7, 11) is -3.12. The van der Waals surface area contributed by atoms with E-state index < -0.39 is 9.84 Å². The van der Waals surface area contributed by atoms with E-state index in [1.165, 1.54) is 0 Å². The number of benzene rings is 3. The van der Waals surface area contributed by atoms with Crippen LogP contribution in [0.1, 0.15) is 35.7 Å². The van der Waals surface area contributed by atoms with E-state index in [2.05, 4.69) is 6.92 Å². The minimum absolute atomic E-state index is 0.0151. The zero-order valence-corrected chi connectivity index (χ0v) is 18.5. The van der Waals surface area contributed by atoms with E-state index in [1.54, 1.807) is 4.90 Å². The van der Waals surface area contributed by atoms with Crippen LogP contribution in [0.5, 0.6) is 5.75 Å². The fraction of sp³-hybridized carbons (Fsp3) is 0.320. The molecule has 0 unspecified atom stereocenters. The molecule has 0 radical (unpaired) electrons. The summed E-state index contributed by atoms with van der Waals surface area (Å²) in [6.45, 7) is 3.07. The predicted molar refractivity (Wildman–Crippen MR) is 123 cm³/mol. The highest BCUT2D eigenvalue weighted by atomic mass is 32.2. The van der Waals surface area contributed by atoms with Gasteiger partial charge in [-0.15, -0.1) is 0 Å². The summed E-state index contributed by atoms with van der Waals surface area (Å²) in [4.78, 5) is 15.4. The van der Waals surface area contributed by atoms with Crippen LogP contribution in [0.2, 0.25) is 0 Å². The first-order valence-corrected chi connectivity index (χ1v) is 12.5. The van der Waals surface area contributed by atoms with Crippen LogP contribution in [0.4, 0.5) is 0 Å². The van der Waals surface area contributed by atoms with Gasteiger partial charge in [-0.05, 0) is 47.4 Å². The third-order valence-electron chi connectivity index (χ3n) is 5.68. The van der Waals surface area contributed by atoms with Gasteiger partial charge in [0.05, 0.1) is 18.1 Å². The number of ether oxygens (including phenoxy) is 1. The molecule has 3 aromatic rings. The van der Waals surface area contributed by atoms with Crippen molar-refractivity contribution in [2.24, 2.45) is 0 Å². The Labute approximate surface area is 183 Å². The van der Waals surface area contributed by atoms with Crippen molar-refractivity contribution in [2.45, 2.75) is 32.4 Å². The fourth-order valence-electron chi connectivity index (χ4n) is 4.06. The van der Waals surface area contributed by atoms with Crippen molar-refractivity contribution in [3.05, 3.63) is 77.9 Å². The summed E-state index contributed by atoms with van der Waals surface area (Å²) >= 11 is 0. The van der Waals surface area contributed by atoms with Crippen molar-refractivity contribution < 1.29 is 17.9 Å². The van der Waals surface area contributed by atoms with Gasteiger partial charge in [0.25, 0.3) is 5.91 Å². The van der Waals surface area contributed by atoms with Crippen molar-refractivity contribution >= 4 is 26.5 Å². The van der Waals surface area contributed by atoms with Crippen LogP contribution in [0.25, 0.3) is 10.8 Å². The molecular weight excluding hydrogens is 410 g/mol. The van der Waals surface area contributed by atoms with Gasteiger partial charge in [0, 0.05) is 18.2 Å². The van der Waals surface area contributed by atoms with Crippen molar-refractivity contribution in [1.29, 1.82) is 0 Å². The van der Waals surface area contributed by atoms with E-state index in [1.807, 2.05) is 66.7 Å². The lowest BCUT2D eigenvalue weighted by molar-refractivity contribution is 0.0683. The zero-order chi connectivity index (χ0) is 21.8. The van der Waals surface area contributed by atoms with E-state index in [4.69, 9.17) is 4.74 Å². The quantitative estimate of drug-likeness (QED) is 0.548. The van der Waals surface area contributed by atoms with Gasteiger partial charge in [0.1, 0.15) is 5.75 Å². The molecule has 0 aliphatic carbocycles. The number of sulfone groups is 1. The van der Waals surface area contributed by atoms with Crippen LogP contribution in [-0.4, -0.2) is 43.4 Å². The minimum Gasteiger partial charge on any atom is -0.494 e. The number of fused-ring (bicyclic) bond motifs is 1.